The van der Waals surface area contributed by atoms with E-state index in [0.717, 1.165) is 23.0 Å². The van der Waals surface area contributed by atoms with E-state index in [4.69, 9.17) is 0 Å². The third kappa shape index (κ3) is 7.14. The van der Waals surface area contributed by atoms with Crippen LogP contribution in [-0.2, 0) is 0 Å². The molecule has 0 heterocycles. The molecule has 0 saturated heterocycles. The number of hydrogen-bond donors (Lipinski definition) is 0. The smallest absolute Gasteiger partial charge is 0.0462 e. The van der Waals surface area contributed by atoms with Crippen molar-refractivity contribution in [2.45, 2.75) is 31.6 Å². The van der Waals surface area contributed by atoms with Crippen LogP contribution in [0, 0.1) is 0 Å². The molecule has 54 heavy (non-hydrogen) atoms. The molecule has 0 aromatic heterocycles. The Hall–Kier alpha value is -6.44. The Morgan fingerprint density at radius 1 is 0.259 bits per heavy atom. The van der Waals surface area contributed by atoms with Gasteiger partial charge in [-0.15, -0.1) is 0 Å². The highest BCUT2D eigenvalue weighted by Gasteiger charge is 2.17. The quantitative estimate of drug-likeness (QED) is 0.145. The first-order valence-corrected chi connectivity index (χ1v) is 19.3. The molecule has 1 nitrogen and oxygen atoms in total. The summed E-state index contributed by atoms with van der Waals surface area (Å²) in [5.74, 6) is 0.732. The summed E-state index contributed by atoms with van der Waals surface area (Å²) in [5, 5.41) is 0. The van der Waals surface area contributed by atoms with E-state index in [2.05, 4.69) is 211 Å². The molecule has 8 aromatic carbocycles. The summed E-state index contributed by atoms with van der Waals surface area (Å²) in [4.78, 5) is 2.36. The molecular weight excluding hydrogens is 651 g/mol. The second-order valence-electron chi connectivity index (χ2n) is 14.5. The molecule has 0 amide bonds. The van der Waals surface area contributed by atoms with Crippen molar-refractivity contribution < 1.29 is 0 Å². The topological polar surface area (TPSA) is 3.24 Å². The van der Waals surface area contributed by atoms with Gasteiger partial charge in [-0.05, 0) is 116 Å². The van der Waals surface area contributed by atoms with E-state index in [1.807, 2.05) is 0 Å². The van der Waals surface area contributed by atoms with E-state index in [0.29, 0.717) is 0 Å². The van der Waals surface area contributed by atoms with Gasteiger partial charge in [0.15, 0.2) is 0 Å². The summed E-state index contributed by atoms with van der Waals surface area (Å²) in [6, 6.07) is 75.1. The summed E-state index contributed by atoms with van der Waals surface area (Å²) < 4.78 is 0. The van der Waals surface area contributed by atoms with Gasteiger partial charge in [0.05, 0.1) is 0 Å². The van der Waals surface area contributed by atoms with Crippen LogP contribution in [0.15, 0.2) is 206 Å². The van der Waals surface area contributed by atoms with Crippen molar-refractivity contribution in [3.8, 4) is 55.6 Å². The first-order chi connectivity index (χ1) is 26.7. The van der Waals surface area contributed by atoms with Crippen LogP contribution in [0.25, 0.3) is 55.6 Å². The molecule has 1 aliphatic carbocycles. The predicted molar refractivity (Wildman–Crippen MR) is 230 cm³/mol. The Kier molecular flexibility index (Phi) is 9.44. The van der Waals surface area contributed by atoms with Crippen LogP contribution in [0.3, 0.4) is 0 Å². The largest absolute Gasteiger partial charge is 0.311 e. The number of benzene rings is 8. The Morgan fingerprint density at radius 2 is 0.500 bits per heavy atom. The fraction of sp³-hybridized carbons (Fsp3) is 0.0943. The third-order valence-electron chi connectivity index (χ3n) is 11.1. The van der Waals surface area contributed by atoms with Crippen molar-refractivity contribution in [1.29, 1.82) is 0 Å². The Morgan fingerprint density at radius 3 is 0.796 bits per heavy atom. The minimum absolute atomic E-state index is 0.732. The van der Waals surface area contributed by atoms with Gasteiger partial charge in [0.2, 0.25) is 0 Å². The number of rotatable bonds is 9. The van der Waals surface area contributed by atoms with Crippen molar-refractivity contribution in [2.24, 2.45) is 0 Å². The van der Waals surface area contributed by atoms with Gasteiger partial charge in [-0.2, -0.15) is 0 Å². The molecule has 1 heteroatoms. The second kappa shape index (κ2) is 15.3. The highest BCUT2D eigenvalue weighted by Crippen LogP contribution is 2.39. The van der Waals surface area contributed by atoms with Gasteiger partial charge in [0.1, 0.15) is 0 Å². The van der Waals surface area contributed by atoms with Crippen LogP contribution in [-0.4, -0.2) is 0 Å². The number of nitrogens with zero attached hydrogens (tertiary/aromatic N) is 1. The summed E-state index contributed by atoms with van der Waals surface area (Å²) in [5.41, 5.74) is 17.1. The van der Waals surface area contributed by atoms with Crippen LogP contribution in [0.4, 0.5) is 17.1 Å². The van der Waals surface area contributed by atoms with Crippen LogP contribution in [0.1, 0.15) is 37.2 Å². The average molecular weight is 694 g/mol. The maximum Gasteiger partial charge on any atom is 0.0462 e. The van der Waals surface area contributed by atoms with Crippen molar-refractivity contribution in [3.63, 3.8) is 0 Å². The monoisotopic (exact) mass is 693 g/mol. The number of hydrogen-bond acceptors (Lipinski definition) is 1. The predicted octanol–water partition coefficient (Wildman–Crippen LogP) is 15.1. The summed E-state index contributed by atoms with van der Waals surface area (Å²) in [7, 11) is 0. The van der Waals surface area contributed by atoms with Gasteiger partial charge >= 0.3 is 0 Å². The van der Waals surface area contributed by atoms with Crippen molar-refractivity contribution in [3.05, 3.63) is 212 Å². The van der Waals surface area contributed by atoms with Crippen molar-refractivity contribution in [2.75, 3.05) is 4.90 Å². The third-order valence-corrected chi connectivity index (χ3v) is 11.1. The lowest BCUT2D eigenvalue weighted by Crippen LogP contribution is -2.09. The van der Waals surface area contributed by atoms with Crippen LogP contribution < -0.4 is 4.90 Å². The first-order valence-electron chi connectivity index (χ1n) is 19.3. The number of anilines is 3. The van der Waals surface area contributed by atoms with E-state index in [9.17, 15) is 0 Å². The second-order valence-corrected chi connectivity index (χ2v) is 14.5. The zero-order valence-electron chi connectivity index (χ0n) is 30.5. The molecule has 8 aromatic rings. The fourth-order valence-corrected chi connectivity index (χ4v) is 8.03. The minimum Gasteiger partial charge on any atom is -0.311 e. The molecule has 0 atom stereocenters. The van der Waals surface area contributed by atoms with Crippen molar-refractivity contribution >= 4 is 17.1 Å². The summed E-state index contributed by atoms with van der Waals surface area (Å²) in [6.07, 6.45) is 5.37. The maximum absolute atomic E-state index is 2.36. The van der Waals surface area contributed by atoms with E-state index in [-0.39, 0.29) is 0 Å². The van der Waals surface area contributed by atoms with Gasteiger partial charge in [-0.1, -0.05) is 183 Å². The normalized spacial score (nSPS) is 12.8. The standard InChI is InChI=1S/C53H43N/c1-3-9-39(10-4-1)42-15-21-45(22-16-42)48-27-33-51(34-28-48)54(53-37-31-50(32-38-53)47-25-19-44(20-26-47)41-13-7-8-14-41)52-35-29-49(30-36-52)46-23-17-43(18-24-46)40-11-5-2-6-12-40/h1-6,9-12,15-38,41H,7-8,13-14H2. The summed E-state index contributed by atoms with van der Waals surface area (Å²) >= 11 is 0. The van der Waals surface area contributed by atoms with Gasteiger partial charge in [-0.3, -0.25) is 0 Å². The maximum atomic E-state index is 2.36. The Bertz CT molecular complexity index is 2280. The van der Waals surface area contributed by atoms with E-state index < -0.39 is 0 Å². The highest BCUT2D eigenvalue weighted by molar-refractivity contribution is 5.82. The first kappa shape index (κ1) is 33.4. The fourth-order valence-electron chi connectivity index (χ4n) is 8.03. The van der Waals surface area contributed by atoms with Gasteiger partial charge in [0, 0.05) is 17.1 Å². The van der Waals surface area contributed by atoms with Gasteiger partial charge < -0.3 is 4.90 Å². The van der Waals surface area contributed by atoms with Crippen LogP contribution in [0.2, 0.25) is 0 Å². The lowest BCUT2D eigenvalue weighted by atomic mass is 9.95. The molecule has 1 saturated carbocycles. The molecule has 1 aliphatic rings. The van der Waals surface area contributed by atoms with E-state index in [1.54, 1.807) is 0 Å². The molecular formula is C53H43N. The molecule has 0 N–H and O–H groups in total. The molecule has 0 bridgehead atoms. The molecule has 0 aliphatic heterocycles. The van der Waals surface area contributed by atoms with Crippen LogP contribution >= 0.6 is 0 Å². The molecule has 0 radical (unpaired) electrons. The lowest BCUT2D eigenvalue weighted by molar-refractivity contribution is 0.723. The zero-order chi connectivity index (χ0) is 36.1. The molecule has 0 unspecified atom stereocenters. The molecule has 9 rings (SSSR count). The highest BCUT2D eigenvalue weighted by atomic mass is 15.1. The Labute approximate surface area is 319 Å². The van der Waals surface area contributed by atoms with Crippen LogP contribution in [0.5, 0.6) is 0 Å². The average Bonchev–Trinajstić information content (AvgIpc) is 3.81. The SMILES string of the molecule is c1ccc(-c2ccc(-c3ccc(N(c4ccc(-c5ccc(-c6ccccc6)cc5)cc4)c4ccc(-c5ccc(C6CCCC6)cc5)cc4)cc3)cc2)cc1. The zero-order valence-corrected chi connectivity index (χ0v) is 30.5. The van der Waals surface area contributed by atoms with Gasteiger partial charge in [-0.25, -0.2) is 0 Å². The van der Waals surface area contributed by atoms with E-state index in [1.165, 1.54) is 86.9 Å². The molecule has 1 fully saturated rings. The summed E-state index contributed by atoms with van der Waals surface area (Å²) in [6.45, 7) is 0. The molecule has 260 valence electrons. The Balaban J connectivity index is 1.01. The van der Waals surface area contributed by atoms with E-state index >= 15 is 0 Å². The van der Waals surface area contributed by atoms with Gasteiger partial charge in [0.25, 0.3) is 0 Å². The minimum atomic E-state index is 0.732. The lowest BCUT2D eigenvalue weighted by Gasteiger charge is -2.26. The van der Waals surface area contributed by atoms with Crippen molar-refractivity contribution in [1.82, 2.24) is 0 Å². The molecule has 0 spiro atoms.